The Balaban J connectivity index is 1.51. The minimum atomic E-state index is -4.49. The second-order valence-corrected chi connectivity index (χ2v) is 7.86. The van der Waals surface area contributed by atoms with E-state index in [0.717, 1.165) is 38.3 Å². The molecule has 2 saturated heterocycles. The van der Waals surface area contributed by atoms with Crippen molar-refractivity contribution in [3.63, 3.8) is 0 Å². The molecule has 0 aliphatic carbocycles. The third-order valence-electron chi connectivity index (χ3n) is 5.59. The molecule has 4 heterocycles. The highest BCUT2D eigenvalue weighted by molar-refractivity contribution is 6.32. The molecule has 0 amide bonds. The van der Waals surface area contributed by atoms with Gasteiger partial charge in [0.2, 0.25) is 5.95 Å². The number of fused-ring (bicyclic) bond motifs is 2. The van der Waals surface area contributed by atoms with Crippen molar-refractivity contribution in [3.05, 3.63) is 45.3 Å². The zero-order valence-electron chi connectivity index (χ0n) is 15.0. The van der Waals surface area contributed by atoms with Gasteiger partial charge in [-0.15, -0.1) is 5.10 Å². The number of halogens is 4. The van der Waals surface area contributed by atoms with Crippen LogP contribution >= 0.6 is 11.6 Å². The van der Waals surface area contributed by atoms with Crippen molar-refractivity contribution in [1.29, 1.82) is 0 Å². The fraction of sp³-hybridized carbons (Fsp3) is 0.389. The van der Waals surface area contributed by atoms with Crippen LogP contribution in [0.3, 0.4) is 0 Å². The molecule has 0 radical (unpaired) electrons. The lowest BCUT2D eigenvalue weighted by Crippen LogP contribution is -2.28. The normalized spacial score (nSPS) is 21.9. The molecule has 7 nitrogen and oxygen atoms in total. The van der Waals surface area contributed by atoms with Gasteiger partial charge in [0, 0.05) is 32.4 Å². The van der Waals surface area contributed by atoms with Crippen molar-refractivity contribution >= 4 is 28.6 Å². The predicted molar refractivity (Wildman–Crippen MR) is 102 cm³/mol. The molecule has 2 aromatic heterocycles. The van der Waals surface area contributed by atoms with Crippen molar-refractivity contribution in [2.45, 2.75) is 6.18 Å². The summed E-state index contributed by atoms with van der Waals surface area (Å²) >= 11 is 6.05. The third-order valence-corrected chi connectivity index (χ3v) is 5.89. The number of aromatic amines is 1. The number of benzene rings is 1. The number of alkyl halides is 3. The average molecular weight is 425 g/mol. The topological polar surface area (TPSA) is 78.8 Å². The lowest BCUT2D eigenvalue weighted by molar-refractivity contribution is -0.137. The fourth-order valence-electron chi connectivity index (χ4n) is 4.08. The van der Waals surface area contributed by atoms with Gasteiger partial charge in [0.25, 0.3) is 5.56 Å². The quantitative estimate of drug-likeness (QED) is 0.660. The minimum absolute atomic E-state index is 0.121. The molecule has 3 aromatic rings. The van der Waals surface area contributed by atoms with Crippen LogP contribution in [0.5, 0.6) is 0 Å². The maximum absolute atomic E-state index is 12.9. The standard InChI is InChI=1S/C18H16ClF3N6O/c19-13-3-11(18(20,21)22)1-2-14(13)28-8-12-15(26-28)24-17(25-16(12)29)27-6-9-4-23-5-10(9)7-27/h1-3,8-10,23H,4-7H2,(H,24,25,26,29). The van der Waals surface area contributed by atoms with Crippen molar-refractivity contribution in [2.24, 2.45) is 11.8 Å². The molecule has 2 fully saturated rings. The van der Waals surface area contributed by atoms with Gasteiger partial charge < -0.3 is 10.2 Å². The molecular weight excluding hydrogens is 409 g/mol. The number of anilines is 1. The summed E-state index contributed by atoms with van der Waals surface area (Å²) in [4.78, 5) is 21.9. The molecule has 5 rings (SSSR count). The Hall–Kier alpha value is -2.59. The summed E-state index contributed by atoms with van der Waals surface area (Å²) in [5.74, 6) is 1.51. The van der Waals surface area contributed by atoms with Crippen LogP contribution in [0.25, 0.3) is 16.7 Å². The van der Waals surface area contributed by atoms with Crippen LogP contribution < -0.4 is 15.8 Å². The summed E-state index contributed by atoms with van der Waals surface area (Å²) in [6.07, 6.45) is -3.07. The van der Waals surface area contributed by atoms with E-state index in [1.54, 1.807) is 0 Å². The van der Waals surface area contributed by atoms with Crippen molar-refractivity contribution in [2.75, 3.05) is 31.1 Å². The smallest absolute Gasteiger partial charge is 0.342 e. The fourth-order valence-corrected chi connectivity index (χ4v) is 4.34. The second-order valence-electron chi connectivity index (χ2n) is 7.45. The predicted octanol–water partition coefficient (Wildman–Crippen LogP) is 2.44. The Morgan fingerprint density at radius 3 is 2.55 bits per heavy atom. The highest BCUT2D eigenvalue weighted by Crippen LogP contribution is 2.33. The molecule has 0 bridgehead atoms. The number of nitrogens with one attached hydrogen (secondary N) is 2. The van der Waals surface area contributed by atoms with Gasteiger partial charge in [0.05, 0.1) is 16.3 Å². The summed E-state index contributed by atoms with van der Waals surface area (Å²) in [6, 6.07) is 2.98. The van der Waals surface area contributed by atoms with Gasteiger partial charge in [-0.3, -0.25) is 9.78 Å². The maximum Gasteiger partial charge on any atom is 0.416 e. The number of nitrogens with zero attached hydrogens (tertiary/aromatic N) is 4. The second kappa shape index (κ2) is 6.46. The monoisotopic (exact) mass is 424 g/mol. The van der Waals surface area contributed by atoms with Crippen molar-refractivity contribution in [3.8, 4) is 5.69 Å². The van der Waals surface area contributed by atoms with E-state index in [2.05, 4.69) is 20.4 Å². The zero-order chi connectivity index (χ0) is 20.3. The van der Waals surface area contributed by atoms with Crippen LogP contribution in [0.4, 0.5) is 19.1 Å². The average Bonchev–Trinajstić information content (AvgIpc) is 3.34. The van der Waals surface area contributed by atoms with Gasteiger partial charge in [-0.1, -0.05) is 11.6 Å². The molecule has 29 heavy (non-hydrogen) atoms. The Labute approximate surface area is 167 Å². The van der Waals surface area contributed by atoms with Crippen LogP contribution in [0, 0.1) is 11.8 Å². The molecular formula is C18H16ClF3N6O. The lowest BCUT2D eigenvalue weighted by Gasteiger charge is -2.17. The van der Waals surface area contributed by atoms with Gasteiger partial charge in [-0.05, 0) is 30.0 Å². The summed E-state index contributed by atoms with van der Waals surface area (Å²) in [6.45, 7) is 3.51. The van der Waals surface area contributed by atoms with E-state index >= 15 is 0 Å². The number of H-pyrrole nitrogens is 1. The van der Waals surface area contributed by atoms with Crippen LogP contribution in [0.2, 0.25) is 5.02 Å². The van der Waals surface area contributed by atoms with E-state index in [1.165, 1.54) is 16.9 Å². The minimum Gasteiger partial charge on any atom is -0.342 e. The SMILES string of the molecule is O=c1[nH]c(N2CC3CNCC3C2)nc2nn(-c3ccc(C(F)(F)F)cc3Cl)cc12. The Kier molecular flexibility index (Phi) is 4.11. The number of aromatic nitrogens is 4. The van der Waals surface area contributed by atoms with Crippen LogP contribution in [0.15, 0.2) is 29.2 Å². The molecule has 1 aromatic carbocycles. The highest BCUT2D eigenvalue weighted by Gasteiger charge is 2.37. The summed E-state index contributed by atoms with van der Waals surface area (Å²) in [7, 11) is 0. The van der Waals surface area contributed by atoms with Crippen LogP contribution in [0.1, 0.15) is 5.56 Å². The molecule has 11 heteroatoms. The molecule has 2 unspecified atom stereocenters. The number of hydrogen-bond donors (Lipinski definition) is 2. The largest absolute Gasteiger partial charge is 0.416 e. The third kappa shape index (κ3) is 3.16. The van der Waals surface area contributed by atoms with E-state index < -0.39 is 11.7 Å². The molecule has 0 saturated carbocycles. The van der Waals surface area contributed by atoms with Crippen LogP contribution in [-0.2, 0) is 6.18 Å². The van der Waals surface area contributed by atoms with E-state index in [1.807, 2.05) is 4.90 Å². The van der Waals surface area contributed by atoms with E-state index in [4.69, 9.17) is 11.6 Å². The Bertz CT molecular complexity index is 1140. The molecule has 2 atom stereocenters. The van der Waals surface area contributed by atoms with Gasteiger partial charge in [-0.25, -0.2) is 4.68 Å². The first kappa shape index (κ1) is 18.4. The van der Waals surface area contributed by atoms with Gasteiger partial charge >= 0.3 is 6.18 Å². The molecule has 152 valence electrons. The Morgan fingerprint density at radius 2 is 1.90 bits per heavy atom. The van der Waals surface area contributed by atoms with Crippen molar-refractivity contribution < 1.29 is 13.2 Å². The van der Waals surface area contributed by atoms with E-state index in [-0.39, 0.29) is 27.3 Å². The summed E-state index contributed by atoms with van der Waals surface area (Å²) in [5, 5.41) is 7.76. The molecule has 2 aliphatic rings. The van der Waals surface area contributed by atoms with Gasteiger partial charge in [0.1, 0.15) is 5.39 Å². The summed E-state index contributed by atoms with van der Waals surface area (Å²) in [5.41, 5.74) is -0.750. The first-order valence-corrected chi connectivity index (χ1v) is 9.50. The van der Waals surface area contributed by atoms with Gasteiger partial charge in [0.15, 0.2) is 5.65 Å². The van der Waals surface area contributed by atoms with E-state index in [0.29, 0.717) is 17.8 Å². The molecule has 2 aliphatic heterocycles. The lowest BCUT2D eigenvalue weighted by atomic mass is 10.0. The van der Waals surface area contributed by atoms with E-state index in [9.17, 15) is 18.0 Å². The summed E-state index contributed by atoms with van der Waals surface area (Å²) < 4.78 is 39.8. The van der Waals surface area contributed by atoms with Crippen molar-refractivity contribution in [1.82, 2.24) is 25.1 Å². The first-order chi connectivity index (χ1) is 13.8. The van der Waals surface area contributed by atoms with Gasteiger partial charge in [-0.2, -0.15) is 18.2 Å². The first-order valence-electron chi connectivity index (χ1n) is 9.12. The zero-order valence-corrected chi connectivity index (χ0v) is 15.8. The van der Waals surface area contributed by atoms with Crippen LogP contribution in [-0.4, -0.2) is 45.9 Å². The molecule has 0 spiro atoms. The molecule has 2 N–H and O–H groups in total. The maximum atomic E-state index is 12.9. The number of hydrogen-bond acceptors (Lipinski definition) is 5. The Morgan fingerprint density at radius 1 is 1.17 bits per heavy atom. The highest BCUT2D eigenvalue weighted by atomic mass is 35.5. The number of rotatable bonds is 2.